The van der Waals surface area contributed by atoms with E-state index in [4.69, 9.17) is 0 Å². The van der Waals surface area contributed by atoms with Crippen LogP contribution in [-0.4, -0.2) is 35.4 Å². The molecule has 0 saturated carbocycles. The molecule has 1 atom stereocenters. The van der Waals surface area contributed by atoms with Crippen molar-refractivity contribution in [2.24, 2.45) is 0 Å². The Morgan fingerprint density at radius 1 is 1.30 bits per heavy atom. The topological polar surface area (TPSA) is 20.3 Å². The van der Waals surface area contributed by atoms with Crippen LogP contribution < -0.4 is 0 Å². The number of carbonyl (C=O) groups is 1. The molecule has 0 aliphatic rings. The molecule has 0 aliphatic carbocycles. The molecule has 0 radical (unpaired) electrons. The molecule has 0 fully saturated rings. The lowest BCUT2D eigenvalue weighted by Gasteiger charge is -2.27. The van der Waals surface area contributed by atoms with Crippen molar-refractivity contribution in [2.75, 3.05) is 18.4 Å². The van der Waals surface area contributed by atoms with Crippen molar-refractivity contribution in [1.29, 1.82) is 0 Å². The maximum Gasteiger partial charge on any atom is 0.406 e. The third-order valence-corrected chi connectivity index (χ3v) is 3.30. The largest absolute Gasteiger partial charge is 0.406 e. The van der Waals surface area contributed by atoms with E-state index in [0.29, 0.717) is 11.8 Å². The Morgan fingerprint density at radius 2 is 1.90 bits per heavy atom. The fraction of sp³-hybridized carbons (Fsp3) is 0.500. The van der Waals surface area contributed by atoms with E-state index >= 15 is 0 Å². The average molecular weight is 352 g/mol. The summed E-state index contributed by atoms with van der Waals surface area (Å²) in [5, 5.41) is 0.319. The summed E-state index contributed by atoms with van der Waals surface area (Å²) in [5.74, 6) is -1.01. The van der Waals surface area contributed by atoms with Crippen LogP contribution in [0, 0.1) is 0 Å². The van der Waals surface area contributed by atoms with Crippen LogP contribution in [0.5, 0.6) is 0 Å². The third-order valence-electron chi connectivity index (χ3n) is 2.94. The molecule has 112 valence electrons. The Hall–Kier alpha value is -1.04. The number of carbonyl (C=O) groups excluding carboxylic acids is 1. The molecular weight excluding hydrogens is 335 g/mol. The normalized spacial score (nSPS) is 13.1. The van der Waals surface area contributed by atoms with Gasteiger partial charge in [0.25, 0.3) is 0 Å². The summed E-state index contributed by atoms with van der Waals surface area (Å²) < 4.78 is 37.7. The van der Waals surface area contributed by atoms with Crippen LogP contribution in [0.2, 0.25) is 0 Å². The van der Waals surface area contributed by atoms with Crippen molar-refractivity contribution < 1.29 is 18.0 Å². The molecule has 0 saturated heterocycles. The van der Waals surface area contributed by atoms with E-state index in [-0.39, 0.29) is 6.54 Å². The van der Waals surface area contributed by atoms with Crippen LogP contribution in [0.15, 0.2) is 30.3 Å². The van der Waals surface area contributed by atoms with Gasteiger partial charge >= 0.3 is 6.18 Å². The Bertz CT molecular complexity index is 422. The van der Waals surface area contributed by atoms with E-state index in [1.807, 2.05) is 6.07 Å². The monoisotopic (exact) mass is 351 g/mol. The second kappa shape index (κ2) is 7.67. The molecule has 1 rings (SSSR count). The Labute approximate surface area is 125 Å². The van der Waals surface area contributed by atoms with Gasteiger partial charge in [-0.05, 0) is 12.0 Å². The molecule has 0 aromatic heterocycles. The van der Waals surface area contributed by atoms with Crippen molar-refractivity contribution in [3.8, 4) is 0 Å². The smallest absolute Gasteiger partial charge is 0.332 e. The van der Waals surface area contributed by atoms with Crippen LogP contribution in [0.4, 0.5) is 13.2 Å². The maximum atomic E-state index is 12.6. The molecule has 0 spiro atoms. The van der Waals surface area contributed by atoms with Crippen molar-refractivity contribution in [2.45, 2.75) is 25.4 Å². The third kappa shape index (κ3) is 5.15. The molecule has 0 heterocycles. The first-order valence-corrected chi connectivity index (χ1v) is 7.47. The summed E-state index contributed by atoms with van der Waals surface area (Å²) in [6.07, 6.45) is -3.91. The number of hydrogen-bond donors (Lipinski definition) is 0. The summed E-state index contributed by atoms with van der Waals surface area (Å²) in [6.45, 7) is 0.637. The molecule has 1 aromatic carbocycles. The number of alkyl halides is 4. The highest BCUT2D eigenvalue weighted by Gasteiger charge is 2.35. The van der Waals surface area contributed by atoms with Gasteiger partial charge in [-0.2, -0.15) is 13.2 Å². The van der Waals surface area contributed by atoms with E-state index < -0.39 is 24.5 Å². The standard InChI is InChI=1S/C14H17BrF3NO/c1-2-12(11-6-4-3-5-7-11)13(20)19(9-8-15)10-14(16,17)18/h3-7,12H,2,8-10H2,1H3. The van der Waals surface area contributed by atoms with Gasteiger partial charge in [-0.15, -0.1) is 0 Å². The Morgan fingerprint density at radius 3 is 2.35 bits per heavy atom. The number of rotatable bonds is 6. The van der Waals surface area contributed by atoms with E-state index in [1.54, 1.807) is 31.2 Å². The van der Waals surface area contributed by atoms with Crippen molar-refractivity contribution in [1.82, 2.24) is 4.90 Å². The number of benzene rings is 1. The van der Waals surface area contributed by atoms with Gasteiger partial charge in [0.1, 0.15) is 6.54 Å². The van der Waals surface area contributed by atoms with Crippen molar-refractivity contribution in [3.05, 3.63) is 35.9 Å². The van der Waals surface area contributed by atoms with Gasteiger partial charge in [-0.25, -0.2) is 0 Å². The Kier molecular flexibility index (Phi) is 6.52. The predicted molar refractivity (Wildman–Crippen MR) is 75.9 cm³/mol. The minimum Gasteiger partial charge on any atom is -0.332 e. The molecule has 2 nitrogen and oxygen atoms in total. The summed E-state index contributed by atoms with van der Waals surface area (Å²) in [6, 6.07) is 8.91. The Balaban J connectivity index is 2.91. The van der Waals surface area contributed by atoms with Gasteiger partial charge in [0.2, 0.25) is 5.91 Å². The van der Waals surface area contributed by atoms with E-state index in [1.165, 1.54) is 0 Å². The predicted octanol–water partition coefficient (Wildman–Crippen LogP) is 3.97. The number of amides is 1. The quantitative estimate of drug-likeness (QED) is 0.710. The molecule has 0 bridgehead atoms. The van der Waals surface area contributed by atoms with Crippen LogP contribution in [0.3, 0.4) is 0 Å². The fourth-order valence-electron chi connectivity index (χ4n) is 2.04. The minimum absolute atomic E-state index is 0.0433. The van der Waals surface area contributed by atoms with Crippen LogP contribution >= 0.6 is 15.9 Å². The maximum absolute atomic E-state index is 12.6. The molecular formula is C14H17BrF3NO. The highest BCUT2D eigenvalue weighted by atomic mass is 79.9. The SMILES string of the molecule is CCC(C(=O)N(CCBr)CC(F)(F)F)c1ccccc1. The zero-order valence-electron chi connectivity index (χ0n) is 11.2. The molecule has 6 heteroatoms. The first-order valence-electron chi connectivity index (χ1n) is 6.35. The second-order valence-corrected chi connectivity index (χ2v) is 5.23. The molecule has 0 aliphatic heterocycles. The molecule has 1 unspecified atom stereocenters. The summed E-state index contributed by atoms with van der Waals surface area (Å²) >= 11 is 3.09. The van der Waals surface area contributed by atoms with Gasteiger partial charge in [0.05, 0.1) is 5.92 Å². The number of halogens is 4. The molecule has 1 aromatic rings. The van der Waals surface area contributed by atoms with Gasteiger partial charge in [0, 0.05) is 11.9 Å². The van der Waals surface area contributed by atoms with E-state index in [0.717, 1.165) is 10.5 Å². The summed E-state index contributed by atoms with van der Waals surface area (Å²) in [7, 11) is 0. The number of hydrogen-bond acceptors (Lipinski definition) is 1. The first-order chi connectivity index (χ1) is 9.39. The molecule has 20 heavy (non-hydrogen) atoms. The van der Waals surface area contributed by atoms with Crippen molar-refractivity contribution in [3.63, 3.8) is 0 Å². The van der Waals surface area contributed by atoms with Gasteiger partial charge in [-0.1, -0.05) is 53.2 Å². The number of nitrogens with zero attached hydrogens (tertiary/aromatic N) is 1. The fourth-order valence-corrected chi connectivity index (χ4v) is 2.47. The highest BCUT2D eigenvalue weighted by Crippen LogP contribution is 2.24. The highest BCUT2D eigenvalue weighted by molar-refractivity contribution is 9.09. The van der Waals surface area contributed by atoms with Gasteiger partial charge in [-0.3, -0.25) is 4.79 Å². The van der Waals surface area contributed by atoms with Crippen LogP contribution in [0.1, 0.15) is 24.8 Å². The second-order valence-electron chi connectivity index (χ2n) is 4.44. The van der Waals surface area contributed by atoms with E-state index in [2.05, 4.69) is 15.9 Å². The van der Waals surface area contributed by atoms with Gasteiger partial charge in [0.15, 0.2) is 0 Å². The minimum atomic E-state index is -4.38. The molecule has 0 N–H and O–H groups in total. The lowest BCUT2D eigenvalue weighted by molar-refractivity contribution is -0.161. The average Bonchev–Trinajstić information content (AvgIpc) is 2.39. The lowest BCUT2D eigenvalue weighted by atomic mass is 9.95. The van der Waals surface area contributed by atoms with Crippen molar-refractivity contribution >= 4 is 21.8 Å². The summed E-state index contributed by atoms with van der Waals surface area (Å²) in [5.41, 5.74) is 0.752. The summed E-state index contributed by atoms with van der Waals surface area (Å²) in [4.78, 5) is 13.2. The lowest BCUT2D eigenvalue weighted by Crippen LogP contribution is -2.42. The first kappa shape index (κ1) is 17.0. The molecule has 1 amide bonds. The zero-order chi connectivity index (χ0) is 15.2. The zero-order valence-corrected chi connectivity index (χ0v) is 12.7. The van der Waals surface area contributed by atoms with Crippen LogP contribution in [-0.2, 0) is 4.79 Å². The van der Waals surface area contributed by atoms with Crippen LogP contribution in [0.25, 0.3) is 0 Å². The van der Waals surface area contributed by atoms with Gasteiger partial charge < -0.3 is 4.90 Å². The van der Waals surface area contributed by atoms with E-state index in [9.17, 15) is 18.0 Å².